The van der Waals surface area contributed by atoms with Crippen molar-refractivity contribution in [3.63, 3.8) is 0 Å². The summed E-state index contributed by atoms with van der Waals surface area (Å²) < 4.78 is 0.821. The molecule has 0 fully saturated rings. The number of hydrogen-bond donors (Lipinski definition) is 2. The lowest BCUT2D eigenvalue weighted by Crippen LogP contribution is -2.26. The molecule has 2 aromatic rings. The first-order valence-electron chi connectivity index (χ1n) is 5.30. The maximum absolute atomic E-state index is 9.36. The topological polar surface area (TPSA) is 45.1 Å². The van der Waals surface area contributed by atoms with Crippen molar-refractivity contribution in [3.05, 3.63) is 45.9 Å². The standard InChI is InChI=1S/C12H13BrN2OS/c13-11-8-17-12(15-11)14-10(7-16)6-9-4-2-1-3-5-9/h1-5,8,10,16H,6-7H2,(H,14,15). The van der Waals surface area contributed by atoms with Gasteiger partial charge in [-0.25, -0.2) is 4.98 Å². The zero-order valence-corrected chi connectivity index (χ0v) is 11.5. The molecule has 0 spiro atoms. The van der Waals surface area contributed by atoms with Crippen LogP contribution in [-0.2, 0) is 6.42 Å². The van der Waals surface area contributed by atoms with Gasteiger partial charge in [0.15, 0.2) is 5.13 Å². The molecular formula is C12H13BrN2OS. The zero-order chi connectivity index (χ0) is 12.1. The molecule has 0 aliphatic rings. The van der Waals surface area contributed by atoms with Gasteiger partial charge in [0.25, 0.3) is 0 Å². The number of aliphatic hydroxyl groups is 1. The molecule has 0 saturated carbocycles. The molecule has 0 radical (unpaired) electrons. The molecule has 0 bridgehead atoms. The number of nitrogens with one attached hydrogen (secondary N) is 1. The van der Waals surface area contributed by atoms with Crippen LogP contribution in [0.4, 0.5) is 5.13 Å². The predicted octanol–water partition coefficient (Wildman–Crippen LogP) is 2.92. The van der Waals surface area contributed by atoms with Gasteiger partial charge in [0, 0.05) is 5.38 Å². The lowest BCUT2D eigenvalue weighted by molar-refractivity contribution is 0.273. The van der Waals surface area contributed by atoms with Gasteiger partial charge < -0.3 is 10.4 Å². The first-order valence-corrected chi connectivity index (χ1v) is 6.97. The lowest BCUT2D eigenvalue weighted by Gasteiger charge is -2.15. The molecule has 1 unspecified atom stereocenters. The largest absolute Gasteiger partial charge is 0.394 e. The second-order valence-electron chi connectivity index (χ2n) is 3.69. The first-order chi connectivity index (χ1) is 8.28. The van der Waals surface area contributed by atoms with Crippen molar-refractivity contribution in [1.82, 2.24) is 4.98 Å². The van der Waals surface area contributed by atoms with E-state index in [0.717, 1.165) is 16.2 Å². The molecule has 0 saturated heterocycles. The minimum atomic E-state index is -0.00421. The molecule has 2 rings (SSSR count). The van der Waals surface area contributed by atoms with Crippen LogP contribution in [0, 0.1) is 0 Å². The van der Waals surface area contributed by atoms with Crippen molar-refractivity contribution in [2.45, 2.75) is 12.5 Å². The van der Waals surface area contributed by atoms with Crippen molar-refractivity contribution in [1.29, 1.82) is 0 Å². The molecule has 1 aromatic heterocycles. The van der Waals surface area contributed by atoms with Crippen LogP contribution in [0.3, 0.4) is 0 Å². The Morgan fingerprint density at radius 1 is 1.35 bits per heavy atom. The number of rotatable bonds is 5. The summed E-state index contributed by atoms with van der Waals surface area (Å²) in [5.41, 5.74) is 1.20. The van der Waals surface area contributed by atoms with E-state index in [1.165, 1.54) is 16.9 Å². The number of hydrogen-bond acceptors (Lipinski definition) is 4. The highest BCUT2D eigenvalue weighted by Gasteiger charge is 2.10. The molecule has 0 aliphatic heterocycles. The van der Waals surface area contributed by atoms with E-state index in [2.05, 4.69) is 38.4 Å². The summed E-state index contributed by atoms with van der Waals surface area (Å²) in [4.78, 5) is 4.25. The monoisotopic (exact) mass is 312 g/mol. The average Bonchev–Trinajstić information content (AvgIpc) is 2.75. The summed E-state index contributed by atoms with van der Waals surface area (Å²) >= 11 is 4.83. The van der Waals surface area contributed by atoms with Gasteiger partial charge >= 0.3 is 0 Å². The highest BCUT2D eigenvalue weighted by molar-refractivity contribution is 9.10. The van der Waals surface area contributed by atoms with Gasteiger partial charge in [-0.1, -0.05) is 30.3 Å². The molecule has 1 atom stereocenters. The van der Waals surface area contributed by atoms with Gasteiger partial charge in [-0.15, -0.1) is 11.3 Å². The Labute approximate surface area is 113 Å². The Bertz CT molecular complexity index is 461. The summed E-state index contributed by atoms with van der Waals surface area (Å²) in [7, 11) is 0. The second-order valence-corrected chi connectivity index (χ2v) is 5.36. The highest BCUT2D eigenvalue weighted by atomic mass is 79.9. The molecular weight excluding hydrogens is 300 g/mol. The van der Waals surface area contributed by atoms with Gasteiger partial charge in [0.1, 0.15) is 4.60 Å². The van der Waals surface area contributed by atoms with E-state index in [4.69, 9.17) is 0 Å². The normalized spacial score (nSPS) is 12.4. The van der Waals surface area contributed by atoms with E-state index in [1.807, 2.05) is 23.6 Å². The third kappa shape index (κ3) is 3.80. The third-order valence-electron chi connectivity index (χ3n) is 2.35. The van der Waals surface area contributed by atoms with Gasteiger partial charge in [-0.3, -0.25) is 0 Å². The Morgan fingerprint density at radius 3 is 2.71 bits per heavy atom. The molecule has 17 heavy (non-hydrogen) atoms. The SMILES string of the molecule is OCC(Cc1ccccc1)Nc1nc(Br)cs1. The maximum Gasteiger partial charge on any atom is 0.184 e. The number of halogens is 1. The molecule has 0 aliphatic carbocycles. The number of aliphatic hydroxyl groups excluding tert-OH is 1. The van der Waals surface area contributed by atoms with Crippen molar-refractivity contribution >= 4 is 32.4 Å². The van der Waals surface area contributed by atoms with Crippen LogP contribution in [0.2, 0.25) is 0 Å². The van der Waals surface area contributed by atoms with Gasteiger partial charge in [0.2, 0.25) is 0 Å². The van der Waals surface area contributed by atoms with E-state index >= 15 is 0 Å². The van der Waals surface area contributed by atoms with Crippen LogP contribution in [0.5, 0.6) is 0 Å². The number of aromatic nitrogens is 1. The number of benzene rings is 1. The highest BCUT2D eigenvalue weighted by Crippen LogP contribution is 2.20. The Morgan fingerprint density at radius 2 is 2.12 bits per heavy atom. The maximum atomic E-state index is 9.36. The summed E-state index contributed by atoms with van der Waals surface area (Å²) in [6.45, 7) is 0.0894. The minimum absolute atomic E-state index is 0.00421. The molecule has 90 valence electrons. The first kappa shape index (κ1) is 12.5. The van der Waals surface area contributed by atoms with Crippen LogP contribution in [0.1, 0.15) is 5.56 Å². The molecule has 1 heterocycles. The fourth-order valence-electron chi connectivity index (χ4n) is 1.55. The van der Waals surface area contributed by atoms with Crippen molar-refractivity contribution in [2.24, 2.45) is 0 Å². The quantitative estimate of drug-likeness (QED) is 0.892. The molecule has 3 nitrogen and oxygen atoms in total. The van der Waals surface area contributed by atoms with Crippen molar-refractivity contribution < 1.29 is 5.11 Å². The van der Waals surface area contributed by atoms with Crippen molar-refractivity contribution in [3.8, 4) is 0 Å². The van der Waals surface area contributed by atoms with Gasteiger partial charge in [-0.2, -0.15) is 0 Å². The van der Waals surface area contributed by atoms with E-state index in [9.17, 15) is 5.11 Å². The van der Waals surface area contributed by atoms with E-state index < -0.39 is 0 Å². The van der Waals surface area contributed by atoms with Crippen LogP contribution in [0.15, 0.2) is 40.3 Å². The lowest BCUT2D eigenvalue weighted by atomic mass is 10.1. The molecule has 1 aromatic carbocycles. The summed E-state index contributed by atoms with van der Waals surface area (Å²) in [5, 5.41) is 15.3. The average molecular weight is 313 g/mol. The van der Waals surface area contributed by atoms with Crippen LogP contribution >= 0.6 is 27.3 Å². The smallest absolute Gasteiger partial charge is 0.184 e. The number of anilines is 1. The van der Waals surface area contributed by atoms with Crippen LogP contribution in [0.25, 0.3) is 0 Å². The summed E-state index contributed by atoms with van der Waals surface area (Å²) in [6, 6.07) is 10.1. The third-order valence-corrected chi connectivity index (χ3v) is 3.83. The molecule has 5 heteroatoms. The predicted molar refractivity (Wildman–Crippen MR) is 74.5 cm³/mol. The summed E-state index contributed by atoms with van der Waals surface area (Å²) in [5.74, 6) is 0. The fraction of sp³-hybridized carbons (Fsp3) is 0.250. The Kier molecular flexibility index (Phi) is 4.53. The van der Waals surface area contributed by atoms with E-state index in [1.54, 1.807) is 0 Å². The van der Waals surface area contributed by atoms with Crippen LogP contribution in [-0.4, -0.2) is 22.7 Å². The number of nitrogens with zero attached hydrogens (tertiary/aromatic N) is 1. The van der Waals surface area contributed by atoms with E-state index in [-0.39, 0.29) is 12.6 Å². The van der Waals surface area contributed by atoms with Gasteiger partial charge in [-0.05, 0) is 27.9 Å². The van der Waals surface area contributed by atoms with Gasteiger partial charge in [0.05, 0.1) is 12.6 Å². The van der Waals surface area contributed by atoms with E-state index in [0.29, 0.717) is 0 Å². The van der Waals surface area contributed by atoms with Crippen molar-refractivity contribution in [2.75, 3.05) is 11.9 Å². The Hall–Kier alpha value is -0.910. The Balaban J connectivity index is 1.98. The summed E-state index contributed by atoms with van der Waals surface area (Å²) in [6.07, 6.45) is 0.786. The molecule has 2 N–H and O–H groups in total. The zero-order valence-electron chi connectivity index (χ0n) is 9.14. The number of thiazole rings is 1. The van der Waals surface area contributed by atoms with Crippen LogP contribution < -0.4 is 5.32 Å². The molecule has 0 amide bonds. The second kappa shape index (κ2) is 6.14. The minimum Gasteiger partial charge on any atom is -0.394 e. The fourth-order valence-corrected chi connectivity index (χ4v) is 2.78.